The quantitative estimate of drug-likeness (QED) is 0.611. The molecule has 0 saturated carbocycles. The van der Waals surface area contributed by atoms with Crippen LogP contribution >= 0.6 is 0 Å². The summed E-state index contributed by atoms with van der Waals surface area (Å²) < 4.78 is 33.3. The van der Waals surface area contributed by atoms with Gasteiger partial charge in [-0.2, -0.15) is 0 Å². The van der Waals surface area contributed by atoms with E-state index in [1.54, 1.807) is 19.1 Å². The highest BCUT2D eigenvalue weighted by Gasteiger charge is 2.39. The number of carbonyl (C=O) groups excluding carboxylic acids is 2. The largest absolute Gasteiger partial charge is 0.452 e. The van der Waals surface area contributed by atoms with Gasteiger partial charge in [0, 0.05) is 12.2 Å². The van der Waals surface area contributed by atoms with Crippen molar-refractivity contribution in [3.63, 3.8) is 0 Å². The van der Waals surface area contributed by atoms with Crippen molar-refractivity contribution < 1.29 is 27.2 Å². The van der Waals surface area contributed by atoms with Gasteiger partial charge in [-0.3, -0.25) is 4.79 Å². The molecule has 0 radical (unpaired) electrons. The number of para-hydroxylation sites is 2. The van der Waals surface area contributed by atoms with Crippen LogP contribution in [0.15, 0.2) is 34.8 Å². The van der Waals surface area contributed by atoms with E-state index in [4.69, 9.17) is 9.15 Å². The molecule has 0 bridgehead atoms. The third kappa shape index (κ3) is 4.48. The van der Waals surface area contributed by atoms with E-state index in [2.05, 4.69) is 10.3 Å². The Morgan fingerprint density at radius 2 is 2.15 bits per heavy atom. The topological polar surface area (TPSA) is 116 Å². The summed E-state index contributed by atoms with van der Waals surface area (Å²) in [6, 6.07) is 7.17. The minimum absolute atomic E-state index is 0.0385. The number of fused-ring (bicyclic) bond motifs is 1. The molecule has 1 aliphatic rings. The van der Waals surface area contributed by atoms with Crippen molar-refractivity contribution in [1.82, 2.24) is 10.3 Å². The van der Waals surface area contributed by atoms with Gasteiger partial charge < -0.3 is 14.5 Å². The molecule has 1 fully saturated rings. The van der Waals surface area contributed by atoms with Crippen LogP contribution < -0.4 is 5.32 Å². The number of nitrogens with zero attached hydrogens (tertiary/aromatic N) is 1. The summed E-state index contributed by atoms with van der Waals surface area (Å²) in [4.78, 5) is 27.7. The van der Waals surface area contributed by atoms with Crippen LogP contribution in [-0.2, 0) is 24.2 Å². The van der Waals surface area contributed by atoms with Gasteiger partial charge in [-0.1, -0.05) is 12.1 Å². The average molecular weight is 378 g/mol. The molecule has 1 atom stereocenters. The lowest BCUT2D eigenvalue weighted by Gasteiger charge is -2.23. The molecular formula is C17H18N2O6S. The molecular weight excluding hydrogens is 360 g/mol. The Hall–Kier alpha value is -2.68. The highest BCUT2D eigenvalue weighted by atomic mass is 32.2. The van der Waals surface area contributed by atoms with Crippen molar-refractivity contribution >= 4 is 38.9 Å². The number of nitrogens with one attached hydrogen (secondary N) is 1. The van der Waals surface area contributed by atoms with Gasteiger partial charge in [-0.15, -0.1) is 0 Å². The van der Waals surface area contributed by atoms with Gasteiger partial charge in [-0.05, 0) is 25.5 Å². The van der Waals surface area contributed by atoms with Crippen LogP contribution in [0.25, 0.3) is 17.2 Å². The van der Waals surface area contributed by atoms with Crippen LogP contribution in [0.5, 0.6) is 0 Å². The number of ether oxygens (including phenoxy) is 1. The Kier molecular flexibility index (Phi) is 4.82. The Morgan fingerprint density at radius 1 is 1.38 bits per heavy atom. The van der Waals surface area contributed by atoms with Gasteiger partial charge in [-0.25, -0.2) is 18.2 Å². The second-order valence-corrected chi connectivity index (χ2v) is 8.60. The number of aromatic nitrogens is 1. The van der Waals surface area contributed by atoms with E-state index in [0.717, 1.165) is 6.08 Å². The highest BCUT2D eigenvalue weighted by molar-refractivity contribution is 7.91. The summed E-state index contributed by atoms with van der Waals surface area (Å²) in [6.07, 6.45) is 2.80. The molecule has 1 amide bonds. The molecule has 0 unspecified atom stereocenters. The fourth-order valence-corrected chi connectivity index (χ4v) is 4.86. The van der Waals surface area contributed by atoms with Gasteiger partial charge in [0.05, 0.1) is 17.0 Å². The summed E-state index contributed by atoms with van der Waals surface area (Å²) in [5, 5.41) is 2.61. The second-order valence-electron chi connectivity index (χ2n) is 6.41. The van der Waals surface area contributed by atoms with Crippen LogP contribution in [0.2, 0.25) is 0 Å². The lowest BCUT2D eigenvalue weighted by atomic mass is 10.0. The van der Waals surface area contributed by atoms with E-state index in [1.165, 1.54) is 6.08 Å². The Bertz CT molecular complexity index is 945. The fraction of sp³-hybridized carbons (Fsp3) is 0.353. The SMILES string of the molecule is C[C@]1(NC(=O)COC(=O)/C=C/c2nc3ccccc3o2)CCS(=O)(=O)C1. The third-order valence-corrected chi connectivity index (χ3v) is 5.87. The van der Waals surface area contributed by atoms with E-state index in [9.17, 15) is 18.0 Å². The van der Waals surface area contributed by atoms with Crippen LogP contribution in [0.4, 0.5) is 0 Å². The molecule has 1 N–H and O–H groups in total. The number of hydrogen-bond acceptors (Lipinski definition) is 7. The van der Waals surface area contributed by atoms with E-state index in [-0.39, 0.29) is 17.4 Å². The first kappa shape index (κ1) is 18.1. The van der Waals surface area contributed by atoms with E-state index in [1.807, 2.05) is 12.1 Å². The Morgan fingerprint density at radius 3 is 2.85 bits per heavy atom. The van der Waals surface area contributed by atoms with Gasteiger partial charge in [0.1, 0.15) is 5.52 Å². The normalized spacial score (nSPS) is 21.9. The molecule has 1 saturated heterocycles. The monoisotopic (exact) mass is 378 g/mol. The summed E-state index contributed by atoms with van der Waals surface area (Å²) in [5.41, 5.74) is 0.440. The molecule has 26 heavy (non-hydrogen) atoms. The van der Waals surface area contributed by atoms with Crippen LogP contribution in [0.3, 0.4) is 0 Å². The lowest BCUT2D eigenvalue weighted by Crippen LogP contribution is -2.48. The maximum absolute atomic E-state index is 11.9. The molecule has 8 nitrogen and oxygen atoms in total. The molecule has 3 rings (SSSR count). The number of sulfone groups is 1. The zero-order valence-corrected chi connectivity index (χ0v) is 14.9. The summed E-state index contributed by atoms with van der Waals surface area (Å²) >= 11 is 0. The van der Waals surface area contributed by atoms with E-state index in [0.29, 0.717) is 17.5 Å². The summed E-state index contributed by atoms with van der Waals surface area (Å²) in [6.45, 7) is 1.16. The van der Waals surface area contributed by atoms with Crippen LogP contribution in [0.1, 0.15) is 19.2 Å². The number of benzene rings is 1. The molecule has 0 aliphatic carbocycles. The van der Waals surface area contributed by atoms with Crippen molar-refractivity contribution in [1.29, 1.82) is 0 Å². The van der Waals surface area contributed by atoms with Crippen LogP contribution in [0, 0.1) is 0 Å². The average Bonchev–Trinajstić information content (AvgIpc) is 3.10. The zero-order valence-electron chi connectivity index (χ0n) is 14.1. The molecule has 2 aromatic rings. The molecule has 2 heterocycles. The van der Waals surface area contributed by atoms with Gasteiger partial charge in [0.2, 0.25) is 5.89 Å². The number of rotatable bonds is 5. The van der Waals surface area contributed by atoms with Crippen molar-refractivity contribution in [2.45, 2.75) is 18.9 Å². The van der Waals surface area contributed by atoms with Crippen molar-refractivity contribution in [2.24, 2.45) is 0 Å². The second kappa shape index (κ2) is 6.91. The van der Waals surface area contributed by atoms with E-state index < -0.39 is 33.9 Å². The number of oxazole rings is 1. The maximum Gasteiger partial charge on any atom is 0.331 e. The minimum Gasteiger partial charge on any atom is -0.452 e. The predicted molar refractivity (Wildman–Crippen MR) is 93.8 cm³/mol. The number of amides is 1. The molecule has 0 spiro atoms. The first-order valence-electron chi connectivity index (χ1n) is 7.97. The molecule has 1 aromatic carbocycles. The summed E-state index contributed by atoms with van der Waals surface area (Å²) in [7, 11) is -3.13. The first-order valence-corrected chi connectivity index (χ1v) is 9.79. The minimum atomic E-state index is -3.13. The maximum atomic E-state index is 11.9. The number of hydrogen-bond donors (Lipinski definition) is 1. The van der Waals surface area contributed by atoms with E-state index >= 15 is 0 Å². The predicted octanol–water partition coefficient (Wildman–Crippen LogP) is 1.08. The van der Waals surface area contributed by atoms with Crippen molar-refractivity contribution in [3.8, 4) is 0 Å². The standard InChI is InChI=1S/C17H18N2O6S/c1-17(8-9-26(22,23)11-17)19-14(20)10-24-16(21)7-6-15-18-12-4-2-3-5-13(12)25-15/h2-7H,8-11H2,1H3,(H,19,20)/b7-6+/t17-/m0/s1. The molecule has 138 valence electrons. The smallest absolute Gasteiger partial charge is 0.331 e. The first-order chi connectivity index (χ1) is 12.2. The molecule has 1 aromatic heterocycles. The Labute approximate surface area is 150 Å². The van der Waals surface area contributed by atoms with Crippen LogP contribution in [-0.4, -0.2) is 48.9 Å². The van der Waals surface area contributed by atoms with Crippen molar-refractivity contribution in [3.05, 3.63) is 36.2 Å². The summed E-state index contributed by atoms with van der Waals surface area (Å²) in [5.74, 6) is -1.11. The van der Waals surface area contributed by atoms with Gasteiger partial charge >= 0.3 is 5.97 Å². The number of esters is 1. The Balaban J connectivity index is 1.50. The molecule has 1 aliphatic heterocycles. The zero-order chi connectivity index (χ0) is 18.8. The number of carbonyl (C=O) groups is 2. The van der Waals surface area contributed by atoms with Gasteiger partial charge in [0.25, 0.3) is 5.91 Å². The van der Waals surface area contributed by atoms with Gasteiger partial charge in [0.15, 0.2) is 22.0 Å². The molecule has 9 heteroatoms. The fourth-order valence-electron chi connectivity index (χ4n) is 2.77. The lowest BCUT2D eigenvalue weighted by molar-refractivity contribution is -0.144. The van der Waals surface area contributed by atoms with Crippen molar-refractivity contribution in [2.75, 3.05) is 18.1 Å². The third-order valence-electron chi connectivity index (χ3n) is 3.96. The highest BCUT2D eigenvalue weighted by Crippen LogP contribution is 2.22.